The van der Waals surface area contributed by atoms with Crippen LogP contribution in [0.5, 0.6) is 0 Å². The van der Waals surface area contributed by atoms with Gasteiger partial charge in [-0.1, -0.05) is 36.8 Å². The van der Waals surface area contributed by atoms with Crippen molar-refractivity contribution in [3.05, 3.63) is 35.9 Å². The van der Waals surface area contributed by atoms with Gasteiger partial charge >= 0.3 is 5.97 Å². The van der Waals surface area contributed by atoms with Crippen LogP contribution in [0.2, 0.25) is 0 Å². The lowest BCUT2D eigenvalue weighted by Crippen LogP contribution is -2.37. The fourth-order valence-electron chi connectivity index (χ4n) is 3.20. The van der Waals surface area contributed by atoms with Crippen LogP contribution in [0.15, 0.2) is 30.3 Å². The van der Waals surface area contributed by atoms with Crippen molar-refractivity contribution in [2.24, 2.45) is 11.1 Å². The number of nitrogens with two attached hydrogens (primary N) is 1. The van der Waals surface area contributed by atoms with E-state index in [1.54, 1.807) is 0 Å². The van der Waals surface area contributed by atoms with Crippen molar-refractivity contribution in [2.45, 2.75) is 38.0 Å². The van der Waals surface area contributed by atoms with Crippen LogP contribution in [0.25, 0.3) is 0 Å². The SMILES string of the molecule is Cl.Cl.NCC1(CC(=O)O)CCCC(c2ccccc2)C1. The molecule has 3 N–H and O–H groups in total. The zero-order valence-corrected chi connectivity index (χ0v) is 13.1. The average Bonchev–Trinajstić information content (AvgIpc) is 2.39. The molecule has 114 valence electrons. The van der Waals surface area contributed by atoms with E-state index in [2.05, 4.69) is 12.1 Å². The first-order chi connectivity index (χ1) is 8.65. The van der Waals surface area contributed by atoms with Crippen LogP contribution in [0.4, 0.5) is 0 Å². The normalized spacial score (nSPS) is 25.1. The number of hydrogen-bond acceptors (Lipinski definition) is 2. The Morgan fingerprint density at radius 2 is 1.95 bits per heavy atom. The Hall–Kier alpha value is -0.770. The van der Waals surface area contributed by atoms with Gasteiger partial charge in [-0.3, -0.25) is 4.79 Å². The molecule has 1 fully saturated rings. The van der Waals surface area contributed by atoms with Crippen molar-refractivity contribution in [3.63, 3.8) is 0 Å². The summed E-state index contributed by atoms with van der Waals surface area (Å²) >= 11 is 0. The Morgan fingerprint density at radius 1 is 1.30 bits per heavy atom. The van der Waals surface area contributed by atoms with Gasteiger partial charge in [0.2, 0.25) is 0 Å². The third-order valence-corrected chi connectivity index (χ3v) is 4.17. The van der Waals surface area contributed by atoms with E-state index in [0.717, 1.165) is 25.7 Å². The Balaban J connectivity index is 0.00000180. The van der Waals surface area contributed by atoms with Gasteiger partial charge in [0.05, 0.1) is 6.42 Å². The van der Waals surface area contributed by atoms with Crippen molar-refractivity contribution in [2.75, 3.05) is 6.54 Å². The summed E-state index contributed by atoms with van der Waals surface area (Å²) in [5.74, 6) is -0.267. The lowest BCUT2D eigenvalue weighted by molar-refractivity contribution is -0.140. The smallest absolute Gasteiger partial charge is 0.303 e. The van der Waals surface area contributed by atoms with Gasteiger partial charge < -0.3 is 10.8 Å². The number of carboxylic acids is 1. The van der Waals surface area contributed by atoms with Gasteiger partial charge in [0.1, 0.15) is 0 Å². The standard InChI is InChI=1S/C15H21NO2.2ClH/c16-11-15(10-14(17)18)8-4-7-13(9-15)12-5-2-1-3-6-12;;/h1-3,5-6,13H,4,7-11,16H2,(H,17,18);2*1H. The van der Waals surface area contributed by atoms with E-state index < -0.39 is 5.97 Å². The van der Waals surface area contributed by atoms with Crippen LogP contribution in [0.3, 0.4) is 0 Å². The highest BCUT2D eigenvalue weighted by molar-refractivity contribution is 5.85. The van der Waals surface area contributed by atoms with Gasteiger partial charge in [-0.05, 0) is 42.7 Å². The fraction of sp³-hybridized carbons (Fsp3) is 0.533. The summed E-state index contributed by atoms with van der Waals surface area (Å²) in [7, 11) is 0. The summed E-state index contributed by atoms with van der Waals surface area (Å²) in [5, 5.41) is 9.06. The van der Waals surface area contributed by atoms with E-state index in [1.807, 2.05) is 18.2 Å². The summed E-state index contributed by atoms with van der Waals surface area (Å²) < 4.78 is 0. The molecule has 0 saturated heterocycles. The van der Waals surface area contributed by atoms with Gasteiger partial charge in [0.15, 0.2) is 0 Å². The number of hydrogen-bond donors (Lipinski definition) is 2. The minimum Gasteiger partial charge on any atom is -0.481 e. The number of carbonyl (C=O) groups is 1. The van der Waals surface area contributed by atoms with E-state index >= 15 is 0 Å². The molecule has 1 aliphatic carbocycles. The molecule has 0 amide bonds. The fourth-order valence-corrected chi connectivity index (χ4v) is 3.20. The molecule has 0 heterocycles. The Morgan fingerprint density at radius 3 is 2.50 bits per heavy atom. The molecule has 1 aromatic rings. The van der Waals surface area contributed by atoms with Gasteiger partial charge in [0.25, 0.3) is 0 Å². The minimum absolute atomic E-state index is 0. The molecule has 2 atom stereocenters. The van der Waals surface area contributed by atoms with E-state index in [4.69, 9.17) is 10.8 Å². The molecule has 1 aromatic carbocycles. The molecule has 20 heavy (non-hydrogen) atoms. The van der Waals surface area contributed by atoms with Crippen molar-refractivity contribution >= 4 is 30.8 Å². The van der Waals surface area contributed by atoms with Crippen molar-refractivity contribution in [3.8, 4) is 0 Å². The van der Waals surface area contributed by atoms with E-state index in [0.29, 0.717) is 12.5 Å². The predicted octanol–water partition coefficient (Wildman–Crippen LogP) is 3.61. The first-order valence-corrected chi connectivity index (χ1v) is 6.62. The number of aliphatic carboxylic acids is 1. The largest absolute Gasteiger partial charge is 0.481 e. The topological polar surface area (TPSA) is 63.3 Å². The summed E-state index contributed by atoms with van der Waals surface area (Å²) in [6.45, 7) is 0.475. The van der Waals surface area contributed by atoms with Crippen LogP contribution in [-0.2, 0) is 4.79 Å². The molecule has 2 rings (SSSR count). The first-order valence-electron chi connectivity index (χ1n) is 6.62. The zero-order chi connectivity index (χ0) is 13.0. The summed E-state index contributed by atoms with van der Waals surface area (Å²) in [6.07, 6.45) is 4.27. The molecule has 1 aliphatic rings. The Kier molecular flexibility index (Phi) is 8.17. The maximum atomic E-state index is 11.0. The maximum absolute atomic E-state index is 11.0. The second-order valence-corrected chi connectivity index (χ2v) is 5.48. The van der Waals surface area contributed by atoms with Crippen LogP contribution < -0.4 is 5.73 Å². The molecular weight excluding hydrogens is 297 g/mol. The molecule has 5 heteroatoms. The van der Waals surface area contributed by atoms with Crippen molar-refractivity contribution in [1.29, 1.82) is 0 Å². The van der Waals surface area contributed by atoms with Gasteiger partial charge in [-0.2, -0.15) is 0 Å². The number of carboxylic acid groups (broad SMARTS) is 1. The highest BCUT2D eigenvalue weighted by Gasteiger charge is 2.37. The van der Waals surface area contributed by atoms with Gasteiger partial charge in [0, 0.05) is 0 Å². The van der Waals surface area contributed by atoms with Crippen molar-refractivity contribution < 1.29 is 9.90 Å². The predicted molar refractivity (Wildman–Crippen MR) is 85.9 cm³/mol. The van der Waals surface area contributed by atoms with Gasteiger partial charge in [-0.15, -0.1) is 24.8 Å². The molecule has 0 aromatic heterocycles. The molecule has 0 aliphatic heterocycles. The highest BCUT2D eigenvalue weighted by atomic mass is 35.5. The number of halogens is 2. The average molecular weight is 320 g/mol. The van der Waals surface area contributed by atoms with E-state index in [1.165, 1.54) is 5.56 Å². The maximum Gasteiger partial charge on any atom is 0.303 e. The second kappa shape index (κ2) is 8.50. The second-order valence-electron chi connectivity index (χ2n) is 5.48. The lowest BCUT2D eigenvalue weighted by Gasteiger charge is -2.39. The molecular formula is C15H23Cl2NO2. The van der Waals surface area contributed by atoms with Crippen LogP contribution in [0, 0.1) is 5.41 Å². The monoisotopic (exact) mass is 319 g/mol. The first kappa shape index (κ1) is 19.2. The summed E-state index contributed by atoms with van der Waals surface area (Å²) in [5.41, 5.74) is 6.98. The molecule has 0 spiro atoms. The van der Waals surface area contributed by atoms with Crippen molar-refractivity contribution in [1.82, 2.24) is 0 Å². The summed E-state index contributed by atoms with van der Waals surface area (Å²) in [4.78, 5) is 11.0. The molecule has 2 unspecified atom stereocenters. The van der Waals surface area contributed by atoms with E-state index in [9.17, 15) is 4.79 Å². The molecule has 0 bridgehead atoms. The van der Waals surface area contributed by atoms with Gasteiger partial charge in [-0.25, -0.2) is 0 Å². The van der Waals surface area contributed by atoms with Crippen LogP contribution in [0.1, 0.15) is 43.6 Å². The number of rotatable bonds is 4. The summed E-state index contributed by atoms with van der Waals surface area (Å²) in [6, 6.07) is 10.4. The van der Waals surface area contributed by atoms with E-state index in [-0.39, 0.29) is 36.6 Å². The minimum atomic E-state index is -0.728. The zero-order valence-electron chi connectivity index (χ0n) is 11.5. The van der Waals surface area contributed by atoms with Crippen LogP contribution >= 0.6 is 24.8 Å². The molecule has 1 saturated carbocycles. The third kappa shape index (κ3) is 4.65. The molecule has 3 nitrogen and oxygen atoms in total. The highest BCUT2D eigenvalue weighted by Crippen LogP contribution is 2.45. The van der Waals surface area contributed by atoms with Crippen LogP contribution in [-0.4, -0.2) is 17.6 Å². The molecule has 0 radical (unpaired) electrons. The third-order valence-electron chi connectivity index (χ3n) is 4.17. The quantitative estimate of drug-likeness (QED) is 0.891. The Bertz CT molecular complexity index is 414. The number of benzene rings is 1. The lowest BCUT2D eigenvalue weighted by atomic mass is 9.66. The Labute approximate surface area is 132 Å².